The molecule has 1 aliphatic rings. The van der Waals surface area contributed by atoms with Crippen molar-refractivity contribution in [3.05, 3.63) is 41.7 Å². The average molecular weight is 311 g/mol. The fourth-order valence-electron chi connectivity index (χ4n) is 2.76. The molecule has 0 bridgehead atoms. The van der Waals surface area contributed by atoms with Gasteiger partial charge in [0.2, 0.25) is 5.91 Å². The van der Waals surface area contributed by atoms with Crippen LogP contribution in [0.5, 0.6) is 0 Å². The second kappa shape index (κ2) is 6.73. The van der Waals surface area contributed by atoms with Crippen LogP contribution in [0.4, 0.5) is 11.6 Å². The molecule has 0 spiro atoms. The fraction of sp³-hybridized carbons (Fsp3) is 0.412. The van der Waals surface area contributed by atoms with E-state index in [1.165, 1.54) is 0 Å². The molecule has 0 aromatic carbocycles. The number of amides is 1. The summed E-state index contributed by atoms with van der Waals surface area (Å²) >= 11 is 0. The van der Waals surface area contributed by atoms with Crippen molar-refractivity contribution in [2.45, 2.75) is 26.7 Å². The van der Waals surface area contributed by atoms with Gasteiger partial charge in [0.25, 0.3) is 0 Å². The number of hydrogen-bond acceptors (Lipinski definition) is 5. The monoisotopic (exact) mass is 311 g/mol. The minimum absolute atomic E-state index is 0.0203. The van der Waals surface area contributed by atoms with E-state index in [-0.39, 0.29) is 11.8 Å². The highest BCUT2D eigenvalue weighted by atomic mass is 16.1. The first-order valence-electron chi connectivity index (χ1n) is 7.90. The minimum Gasteiger partial charge on any atom is -0.355 e. The van der Waals surface area contributed by atoms with Crippen LogP contribution in [0.3, 0.4) is 0 Å². The van der Waals surface area contributed by atoms with Gasteiger partial charge in [-0.1, -0.05) is 0 Å². The van der Waals surface area contributed by atoms with Crippen LogP contribution >= 0.6 is 0 Å². The van der Waals surface area contributed by atoms with Crippen molar-refractivity contribution >= 4 is 17.5 Å². The molecule has 0 saturated carbocycles. The molecule has 2 aromatic heterocycles. The summed E-state index contributed by atoms with van der Waals surface area (Å²) in [6.07, 6.45) is 3.34. The zero-order valence-corrected chi connectivity index (χ0v) is 13.5. The van der Waals surface area contributed by atoms with E-state index in [4.69, 9.17) is 0 Å². The van der Waals surface area contributed by atoms with Crippen LogP contribution in [-0.2, 0) is 4.79 Å². The summed E-state index contributed by atoms with van der Waals surface area (Å²) < 4.78 is 0. The summed E-state index contributed by atoms with van der Waals surface area (Å²) in [6.45, 7) is 5.54. The van der Waals surface area contributed by atoms with Gasteiger partial charge in [-0.3, -0.25) is 4.79 Å². The topological polar surface area (TPSA) is 71.0 Å². The van der Waals surface area contributed by atoms with Gasteiger partial charge in [0.15, 0.2) is 5.82 Å². The van der Waals surface area contributed by atoms with Crippen LogP contribution < -0.4 is 10.2 Å². The molecule has 0 aliphatic carbocycles. The van der Waals surface area contributed by atoms with Gasteiger partial charge in [0.05, 0.1) is 5.69 Å². The Labute approximate surface area is 136 Å². The number of hydrogen-bond donors (Lipinski definition) is 1. The van der Waals surface area contributed by atoms with E-state index in [9.17, 15) is 4.79 Å². The second-order valence-electron chi connectivity index (χ2n) is 6.00. The Balaban J connectivity index is 1.56. The van der Waals surface area contributed by atoms with Crippen molar-refractivity contribution < 1.29 is 4.79 Å². The SMILES string of the molecule is Cc1ccnc(NC(=O)C2CCN(c3ccc(C)nn3)CC2)c1. The third-order valence-corrected chi connectivity index (χ3v) is 4.14. The van der Waals surface area contributed by atoms with Crippen LogP contribution in [0.1, 0.15) is 24.1 Å². The standard InChI is InChI=1S/C17H21N5O/c1-12-5-8-18-15(11-12)19-17(23)14-6-9-22(10-7-14)16-4-3-13(2)20-21-16/h3-5,8,11,14H,6-7,9-10H2,1-2H3,(H,18,19,23). The molecule has 3 rings (SSSR count). The normalized spacial score (nSPS) is 15.5. The number of piperidine rings is 1. The molecule has 1 saturated heterocycles. The van der Waals surface area contributed by atoms with Gasteiger partial charge < -0.3 is 10.2 Å². The first-order chi connectivity index (χ1) is 11.1. The first-order valence-corrected chi connectivity index (χ1v) is 7.90. The molecular formula is C17H21N5O. The lowest BCUT2D eigenvalue weighted by molar-refractivity contribution is -0.120. The Bertz CT molecular complexity index is 678. The zero-order valence-electron chi connectivity index (χ0n) is 13.5. The van der Waals surface area contributed by atoms with Gasteiger partial charge >= 0.3 is 0 Å². The van der Waals surface area contributed by atoms with Gasteiger partial charge in [-0.15, -0.1) is 5.10 Å². The molecule has 0 unspecified atom stereocenters. The number of carbonyl (C=O) groups is 1. The molecule has 1 N–H and O–H groups in total. The molecule has 2 aromatic rings. The van der Waals surface area contributed by atoms with E-state index < -0.39 is 0 Å². The van der Waals surface area contributed by atoms with Crippen molar-refractivity contribution in [1.29, 1.82) is 0 Å². The van der Waals surface area contributed by atoms with E-state index in [1.807, 2.05) is 38.1 Å². The van der Waals surface area contributed by atoms with E-state index >= 15 is 0 Å². The predicted octanol–water partition coefficient (Wildman–Crippen LogP) is 2.34. The van der Waals surface area contributed by atoms with Gasteiger partial charge in [0, 0.05) is 25.2 Å². The highest BCUT2D eigenvalue weighted by Crippen LogP contribution is 2.22. The van der Waals surface area contributed by atoms with E-state index in [0.717, 1.165) is 43.0 Å². The van der Waals surface area contributed by atoms with Crippen LogP contribution in [0.2, 0.25) is 0 Å². The van der Waals surface area contributed by atoms with Gasteiger partial charge in [-0.25, -0.2) is 4.98 Å². The number of anilines is 2. The van der Waals surface area contributed by atoms with Gasteiger partial charge in [-0.2, -0.15) is 5.10 Å². The molecule has 3 heterocycles. The fourth-order valence-corrected chi connectivity index (χ4v) is 2.76. The van der Waals surface area contributed by atoms with Gasteiger partial charge in [-0.05, 0) is 56.5 Å². The number of pyridine rings is 1. The quantitative estimate of drug-likeness (QED) is 0.942. The molecule has 1 amide bonds. The van der Waals surface area contributed by atoms with E-state index in [0.29, 0.717) is 5.82 Å². The molecule has 1 fully saturated rings. The Hall–Kier alpha value is -2.50. The summed E-state index contributed by atoms with van der Waals surface area (Å²) in [7, 11) is 0. The lowest BCUT2D eigenvalue weighted by Gasteiger charge is -2.31. The minimum atomic E-state index is 0.0203. The summed E-state index contributed by atoms with van der Waals surface area (Å²) in [5, 5.41) is 11.2. The van der Waals surface area contributed by atoms with Crippen LogP contribution in [0.15, 0.2) is 30.5 Å². The highest BCUT2D eigenvalue weighted by molar-refractivity contribution is 5.91. The summed E-state index contributed by atoms with van der Waals surface area (Å²) in [5.41, 5.74) is 2.00. The molecular weight excluding hydrogens is 290 g/mol. The third-order valence-electron chi connectivity index (χ3n) is 4.14. The number of rotatable bonds is 3. The lowest BCUT2D eigenvalue weighted by Crippen LogP contribution is -2.38. The van der Waals surface area contributed by atoms with Gasteiger partial charge in [0.1, 0.15) is 5.82 Å². The number of nitrogens with zero attached hydrogens (tertiary/aromatic N) is 4. The lowest BCUT2D eigenvalue weighted by atomic mass is 9.96. The van der Waals surface area contributed by atoms with E-state index in [1.54, 1.807) is 6.20 Å². The number of aromatic nitrogens is 3. The third kappa shape index (κ3) is 3.83. The smallest absolute Gasteiger partial charge is 0.228 e. The number of nitrogens with one attached hydrogen (secondary N) is 1. The van der Waals surface area contributed by atoms with Crippen LogP contribution in [0.25, 0.3) is 0 Å². The Morgan fingerprint density at radius 1 is 1.17 bits per heavy atom. The predicted molar refractivity (Wildman–Crippen MR) is 89.3 cm³/mol. The summed E-state index contributed by atoms with van der Waals surface area (Å²) in [5.74, 6) is 1.58. The van der Waals surface area contributed by atoms with E-state index in [2.05, 4.69) is 25.4 Å². The van der Waals surface area contributed by atoms with Crippen LogP contribution in [0, 0.1) is 19.8 Å². The molecule has 1 aliphatic heterocycles. The second-order valence-corrected chi connectivity index (χ2v) is 6.00. The highest BCUT2D eigenvalue weighted by Gasteiger charge is 2.26. The van der Waals surface area contributed by atoms with Crippen molar-refractivity contribution in [2.75, 3.05) is 23.3 Å². The first kappa shape index (κ1) is 15.4. The molecule has 0 atom stereocenters. The van der Waals surface area contributed by atoms with Crippen molar-refractivity contribution in [2.24, 2.45) is 5.92 Å². The van der Waals surface area contributed by atoms with Crippen molar-refractivity contribution in [1.82, 2.24) is 15.2 Å². The maximum atomic E-state index is 12.4. The molecule has 23 heavy (non-hydrogen) atoms. The molecule has 6 nitrogen and oxygen atoms in total. The summed E-state index contributed by atoms with van der Waals surface area (Å²) in [4.78, 5) is 18.7. The Morgan fingerprint density at radius 2 is 1.96 bits per heavy atom. The largest absolute Gasteiger partial charge is 0.355 e. The molecule has 6 heteroatoms. The average Bonchev–Trinajstić information content (AvgIpc) is 2.56. The number of carbonyl (C=O) groups excluding carboxylic acids is 1. The number of aryl methyl sites for hydroxylation is 2. The Kier molecular flexibility index (Phi) is 4.50. The van der Waals surface area contributed by atoms with Crippen molar-refractivity contribution in [3.8, 4) is 0 Å². The maximum absolute atomic E-state index is 12.4. The zero-order chi connectivity index (χ0) is 16.2. The summed E-state index contributed by atoms with van der Waals surface area (Å²) in [6, 6.07) is 7.75. The van der Waals surface area contributed by atoms with Crippen molar-refractivity contribution in [3.63, 3.8) is 0 Å². The van der Waals surface area contributed by atoms with Crippen LogP contribution in [-0.4, -0.2) is 34.2 Å². The molecule has 120 valence electrons. The Morgan fingerprint density at radius 3 is 2.61 bits per heavy atom. The maximum Gasteiger partial charge on any atom is 0.228 e. The molecule has 0 radical (unpaired) electrons.